The Morgan fingerprint density at radius 2 is 2.17 bits per heavy atom. The molecule has 0 amide bonds. The van der Waals surface area contributed by atoms with E-state index in [-0.39, 0.29) is 5.84 Å². The van der Waals surface area contributed by atoms with Gasteiger partial charge in [0, 0.05) is 26.0 Å². The van der Waals surface area contributed by atoms with Crippen LogP contribution in [-0.2, 0) is 6.54 Å². The lowest BCUT2D eigenvalue weighted by molar-refractivity contribution is 0.890. The molecule has 0 saturated heterocycles. The van der Waals surface area contributed by atoms with E-state index in [9.17, 15) is 0 Å². The minimum absolute atomic E-state index is 0.0216. The summed E-state index contributed by atoms with van der Waals surface area (Å²) in [5, 5.41) is 7.38. The van der Waals surface area contributed by atoms with E-state index in [0.29, 0.717) is 12.2 Å². The van der Waals surface area contributed by atoms with Gasteiger partial charge in [0.15, 0.2) is 0 Å². The molecule has 0 aliphatic heterocycles. The fraction of sp³-hybridized carbons (Fsp3) is 0.154. The quantitative estimate of drug-likeness (QED) is 0.626. The van der Waals surface area contributed by atoms with E-state index >= 15 is 0 Å². The van der Waals surface area contributed by atoms with Crippen LogP contribution in [0, 0.1) is 5.41 Å². The predicted octanol–water partition coefficient (Wildman–Crippen LogP) is 1.40. The Hall–Kier alpha value is -2.43. The summed E-state index contributed by atoms with van der Waals surface area (Å²) < 4.78 is 0. The van der Waals surface area contributed by atoms with Gasteiger partial charge in [0.05, 0.1) is 0 Å². The zero-order valence-corrected chi connectivity index (χ0v) is 10.2. The van der Waals surface area contributed by atoms with Crippen molar-refractivity contribution in [3.63, 3.8) is 0 Å². The Kier molecular flexibility index (Phi) is 3.52. The summed E-state index contributed by atoms with van der Waals surface area (Å²) in [5.74, 6) is 0.762. The number of pyridine rings is 2. The van der Waals surface area contributed by atoms with Crippen LogP contribution in [0.4, 0.5) is 5.82 Å². The number of aromatic nitrogens is 2. The molecule has 0 aliphatic rings. The Morgan fingerprint density at radius 3 is 2.83 bits per heavy atom. The molecule has 2 aromatic heterocycles. The lowest BCUT2D eigenvalue weighted by Gasteiger charge is -2.18. The highest BCUT2D eigenvalue weighted by Gasteiger charge is 2.05. The van der Waals surface area contributed by atoms with E-state index in [1.165, 1.54) is 0 Å². The summed E-state index contributed by atoms with van der Waals surface area (Å²) in [5.41, 5.74) is 7.03. The minimum atomic E-state index is -0.0216. The Bertz CT molecular complexity index is 538. The van der Waals surface area contributed by atoms with E-state index in [1.807, 2.05) is 42.4 Å². The van der Waals surface area contributed by atoms with Crippen molar-refractivity contribution in [2.24, 2.45) is 5.73 Å². The van der Waals surface area contributed by atoms with Gasteiger partial charge < -0.3 is 10.6 Å². The molecule has 0 aromatic carbocycles. The van der Waals surface area contributed by atoms with Crippen molar-refractivity contribution in [1.82, 2.24) is 9.97 Å². The first-order chi connectivity index (χ1) is 8.66. The van der Waals surface area contributed by atoms with Gasteiger partial charge in [0.2, 0.25) is 0 Å². The first kappa shape index (κ1) is 12.0. The zero-order valence-electron chi connectivity index (χ0n) is 10.2. The first-order valence-electron chi connectivity index (χ1n) is 5.58. The maximum atomic E-state index is 7.38. The molecule has 5 nitrogen and oxygen atoms in total. The van der Waals surface area contributed by atoms with Crippen molar-refractivity contribution < 1.29 is 0 Å². The van der Waals surface area contributed by atoms with Crippen LogP contribution in [0.15, 0.2) is 42.7 Å². The standard InChI is InChI=1S/C13H15N5/c1-18(9-10-4-3-7-16-8-10)12-6-2-5-11(17-12)13(14)15/h2-8H,9H2,1H3,(H3,14,15). The summed E-state index contributed by atoms with van der Waals surface area (Å²) >= 11 is 0. The Morgan fingerprint density at radius 1 is 1.33 bits per heavy atom. The second kappa shape index (κ2) is 5.27. The van der Waals surface area contributed by atoms with Crippen molar-refractivity contribution in [1.29, 1.82) is 5.41 Å². The van der Waals surface area contributed by atoms with Crippen LogP contribution >= 0.6 is 0 Å². The van der Waals surface area contributed by atoms with E-state index in [1.54, 1.807) is 12.3 Å². The van der Waals surface area contributed by atoms with Gasteiger partial charge in [-0.1, -0.05) is 12.1 Å². The number of anilines is 1. The average Bonchev–Trinajstić information content (AvgIpc) is 2.40. The highest BCUT2D eigenvalue weighted by Crippen LogP contribution is 2.12. The largest absolute Gasteiger partial charge is 0.382 e. The first-order valence-corrected chi connectivity index (χ1v) is 5.58. The van der Waals surface area contributed by atoms with Crippen LogP contribution in [0.5, 0.6) is 0 Å². The molecule has 92 valence electrons. The molecule has 3 N–H and O–H groups in total. The number of hydrogen-bond acceptors (Lipinski definition) is 4. The fourth-order valence-electron chi connectivity index (χ4n) is 1.63. The lowest BCUT2D eigenvalue weighted by atomic mass is 10.2. The highest BCUT2D eigenvalue weighted by atomic mass is 15.2. The monoisotopic (exact) mass is 241 g/mol. The van der Waals surface area contributed by atoms with Gasteiger partial charge in [-0.25, -0.2) is 4.98 Å². The summed E-state index contributed by atoms with van der Waals surface area (Å²) in [6.07, 6.45) is 3.57. The molecule has 0 bridgehead atoms. The average molecular weight is 241 g/mol. The van der Waals surface area contributed by atoms with Crippen LogP contribution in [0.2, 0.25) is 0 Å². The molecule has 0 atom stereocenters. The maximum absolute atomic E-state index is 7.38. The van der Waals surface area contributed by atoms with Crippen LogP contribution in [0.1, 0.15) is 11.3 Å². The number of nitrogens with one attached hydrogen (secondary N) is 1. The van der Waals surface area contributed by atoms with Crippen LogP contribution < -0.4 is 10.6 Å². The van der Waals surface area contributed by atoms with Crippen molar-refractivity contribution >= 4 is 11.7 Å². The van der Waals surface area contributed by atoms with Crippen molar-refractivity contribution in [2.75, 3.05) is 11.9 Å². The van der Waals surface area contributed by atoms with Gasteiger partial charge in [-0.05, 0) is 23.8 Å². The third-order valence-corrected chi connectivity index (χ3v) is 2.54. The van der Waals surface area contributed by atoms with Gasteiger partial charge in [0.1, 0.15) is 17.3 Å². The van der Waals surface area contributed by atoms with E-state index in [0.717, 1.165) is 11.4 Å². The fourth-order valence-corrected chi connectivity index (χ4v) is 1.63. The second-order valence-electron chi connectivity index (χ2n) is 4.01. The molecule has 0 radical (unpaired) electrons. The molecule has 0 spiro atoms. The highest BCUT2D eigenvalue weighted by molar-refractivity contribution is 5.93. The number of hydrogen-bond donors (Lipinski definition) is 2. The number of nitrogens with two attached hydrogens (primary N) is 1. The lowest BCUT2D eigenvalue weighted by Crippen LogP contribution is -2.20. The molecule has 5 heteroatoms. The van der Waals surface area contributed by atoms with E-state index < -0.39 is 0 Å². The minimum Gasteiger partial charge on any atom is -0.382 e. The van der Waals surface area contributed by atoms with Crippen LogP contribution in [-0.4, -0.2) is 22.9 Å². The molecule has 2 aromatic rings. The summed E-state index contributed by atoms with van der Waals surface area (Å²) in [4.78, 5) is 10.4. The molecule has 0 aliphatic carbocycles. The summed E-state index contributed by atoms with van der Waals surface area (Å²) in [7, 11) is 1.94. The van der Waals surface area contributed by atoms with Gasteiger partial charge in [-0.3, -0.25) is 10.4 Å². The van der Waals surface area contributed by atoms with Gasteiger partial charge >= 0.3 is 0 Å². The normalized spacial score (nSPS) is 10.1. The molecule has 0 saturated carbocycles. The Balaban J connectivity index is 2.16. The predicted molar refractivity (Wildman–Crippen MR) is 71.6 cm³/mol. The molecule has 0 unspecified atom stereocenters. The molecule has 2 heterocycles. The maximum Gasteiger partial charge on any atom is 0.141 e. The van der Waals surface area contributed by atoms with Gasteiger partial charge in [0.25, 0.3) is 0 Å². The summed E-state index contributed by atoms with van der Waals surface area (Å²) in [6.45, 7) is 0.711. The molecule has 0 fully saturated rings. The van der Waals surface area contributed by atoms with Gasteiger partial charge in [-0.2, -0.15) is 0 Å². The smallest absolute Gasteiger partial charge is 0.141 e. The number of nitrogens with zero attached hydrogens (tertiary/aromatic N) is 3. The number of amidine groups is 1. The van der Waals surface area contributed by atoms with Crippen molar-refractivity contribution in [3.05, 3.63) is 54.0 Å². The zero-order chi connectivity index (χ0) is 13.0. The Labute approximate surface area is 106 Å². The topological polar surface area (TPSA) is 78.9 Å². The molecular formula is C13H15N5. The SMILES string of the molecule is CN(Cc1cccnc1)c1cccc(C(=N)N)n1. The third-order valence-electron chi connectivity index (χ3n) is 2.54. The molecular weight excluding hydrogens is 226 g/mol. The van der Waals surface area contributed by atoms with Crippen molar-refractivity contribution in [2.45, 2.75) is 6.54 Å². The number of nitrogen functional groups attached to an aromatic ring is 1. The van der Waals surface area contributed by atoms with Crippen LogP contribution in [0.3, 0.4) is 0 Å². The second-order valence-corrected chi connectivity index (χ2v) is 4.01. The number of rotatable bonds is 4. The van der Waals surface area contributed by atoms with Gasteiger partial charge in [-0.15, -0.1) is 0 Å². The third kappa shape index (κ3) is 2.82. The van der Waals surface area contributed by atoms with E-state index in [4.69, 9.17) is 11.1 Å². The van der Waals surface area contributed by atoms with Crippen molar-refractivity contribution in [3.8, 4) is 0 Å². The molecule has 2 rings (SSSR count). The molecule has 18 heavy (non-hydrogen) atoms. The van der Waals surface area contributed by atoms with E-state index in [2.05, 4.69) is 9.97 Å². The summed E-state index contributed by atoms with van der Waals surface area (Å²) in [6, 6.07) is 9.38. The van der Waals surface area contributed by atoms with Crippen LogP contribution in [0.25, 0.3) is 0 Å².